The van der Waals surface area contributed by atoms with E-state index < -0.39 is 83.5 Å². The highest BCUT2D eigenvalue weighted by atomic mass is 16.6. The van der Waals surface area contributed by atoms with Gasteiger partial charge in [-0.3, -0.25) is 43.3 Å². The fourth-order valence-electron chi connectivity index (χ4n) is 9.74. The van der Waals surface area contributed by atoms with Crippen LogP contribution in [-0.2, 0) is 51.1 Å². The van der Waals surface area contributed by atoms with Crippen molar-refractivity contribution in [3.8, 4) is 11.5 Å². The monoisotopic (exact) mass is 1080 g/mol. The Morgan fingerprint density at radius 2 is 1.46 bits per heavy atom. The van der Waals surface area contributed by atoms with Crippen LogP contribution in [0.2, 0.25) is 0 Å². The number of ether oxygens (including phenoxy) is 2. The van der Waals surface area contributed by atoms with E-state index in [9.17, 15) is 63.0 Å². The number of ketones is 3. The molecule has 3 aliphatic carbocycles. The average molecular weight is 1080 g/mol. The number of carbonyl (C=O) groups excluding carboxylic acids is 11. The smallest absolute Gasteiger partial charge is 0.409 e. The summed E-state index contributed by atoms with van der Waals surface area (Å²) in [7, 11) is 2.91. The Balaban J connectivity index is 0.907. The van der Waals surface area contributed by atoms with Crippen LogP contribution < -0.4 is 32.7 Å². The van der Waals surface area contributed by atoms with Gasteiger partial charge in [0.15, 0.2) is 24.0 Å². The van der Waals surface area contributed by atoms with Gasteiger partial charge in [-0.1, -0.05) is 38.5 Å². The topological polar surface area (TPSA) is 357 Å². The molecule has 24 nitrogen and oxygen atoms in total. The number of nitrogens with two attached hydrogens (primary N) is 2. The maximum atomic E-state index is 13.7. The maximum Gasteiger partial charge on any atom is 0.409 e. The summed E-state index contributed by atoms with van der Waals surface area (Å²) in [6, 6.07) is 1.33. The number of phenolic OH excluding ortho intramolecular Hbond substituents is 2. The molecule has 0 radical (unpaired) electrons. The van der Waals surface area contributed by atoms with Crippen LogP contribution >= 0.6 is 0 Å². The molecule has 10 N–H and O–H groups in total. The molecule has 4 aliphatic rings. The highest BCUT2D eigenvalue weighted by Gasteiger charge is 2.41. The number of rotatable bonds is 24. The van der Waals surface area contributed by atoms with E-state index in [1.54, 1.807) is 13.8 Å². The van der Waals surface area contributed by atoms with Crippen LogP contribution in [0, 0.1) is 11.8 Å². The normalized spacial score (nSPS) is 17.2. The predicted octanol–water partition coefficient (Wildman–Crippen LogP) is 2.42. The van der Waals surface area contributed by atoms with Gasteiger partial charge in [-0.15, -0.1) is 0 Å². The first kappa shape index (κ1) is 58.9. The zero-order valence-corrected chi connectivity index (χ0v) is 44.3. The van der Waals surface area contributed by atoms with E-state index >= 15 is 0 Å². The van der Waals surface area contributed by atoms with Gasteiger partial charge in [-0.2, -0.15) is 0 Å². The Labute approximate surface area is 450 Å². The zero-order valence-electron chi connectivity index (χ0n) is 44.3. The van der Waals surface area contributed by atoms with E-state index in [2.05, 4.69) is 21.3 Å². The van der Waals surface area contributed by atoms with Crippen LogP contribution in [0.3, 0.4) is 0 Å². The number of phenols is 2. The number of Topliss-reactive ketones (excluding diaryl/α,β-unsaturated/α-hetero) is 1. The highest BCUT2D eigenvalue weighted by molar-refractivity contribution is 6.32. The van der Waals surface area contributed by atoms with Crippen LogP contribution in [0.15, 0.2) is 42.0 Å². The van der Waals surface area contributed by atoms with Gasteiger partial charge in [-0.05, 0) is 81.8 Å². The molecular weight excluding hydrogens is 1010 g/mol. The highest BCUT2D eigenvalue weighted by Crippen LogP contribution is 2.47. The average Bonchev–Trinajstić information content (AvgIpc) is 3.73. The lowest BCUT2D eigenvalue weighted by molar-refractivity contribution is -0.137. The minimum absolute atomic E-state index is 0.00990. The Morgan fingerprint density at radius 1 is 0.795 bits per heavy atom. The number of hydrogen-bond donors (Lipinski definition) is 8. The van der Waals surface area contributed by atoms with Crippen molar-refractivity contribution in [3.63, 3.8) is 0 Å². The van der Waals surface area contributed by atoms with Crippen molar-refractivity contribution in [2.45, 2.75) is 109 Å². The van der Waals surface area contributed by atoms with E-state index in [4.69, 9.17) is 20.9 Å². The second kappa shape index (κ2) is 26.6. The van der Waals surface area contributed by atoms with Crippen LogP contribution in [0.5, 0.6) is 11.5 Å². The Morgan fingerprint density at radius 3 is 2.12 bits per heavy atom. The second-order valence-electron chi connectivity index (χ2n) is 20.3. The summed E-state index contributed by atoms with van der Waals surface area (Å²) in [5, 5.41) is 33.5. The van der Waals surface area contributed by atoms with Crippen molar-refractivity contribution in [1.29, 1.82) is 0 Å². The summed E-state index contributed by atoms with van der Waals surface area (Å²) < 4.78 is 10.8. The molecule has 2 aromatic carbocycles. The summed E-state index contributed by atoms with van der Waals surface area (Å²) in [6.45, 7) is 3.34. The predicted molar refractivity (Wildman–Crippen MR) is 280 cm³/mol. The number of aromatic hydroxyl groups is 2. The largest absolute Gasteiger partial charge is 0.507 e. The number of nitrogen functional groups attached to an aromatic ring is 1. The quantitative estimate of drug-likeness (QED) is 0.0210. The maximum absolute atomic E-state index is 13.7. The number of imide groups is 1. The number of carbonyl (C=O) groups is 11. The number of nitrogens with zero attached hydrogens (tertiary/aromatic N) is 3. The lowest BCUT2D eigenvalue weighted by Gasteiger charge is -2.29. The molecular formula is C54H69N9O15. The third-order valence-corrected chi connectivity index (χ3v) is 14.3. The molecule has 6 rings (SSSR count). The molecule has 0 saturated carbocycles. The van der Waals surface area contributed by atoms with Gasteiger partial charge in [0.25, 0.3) is 11.8 Å². The first-order chi connectivity index (χ1) is 37.1. The fraction of sp³-hybridized carbons (Fsp3) is 0.500. The molecule has 2 aromatic rings. The summed E-state index contributed by atoms with van der Waals surface area (Å²) in [5.74, 6) is -5.99. The van der Waals surface area contributed by atoms with Crippen molar-refractivity contribution in [1.82, 2.24) is 36.0 Å². The van der Waals surface area contributed by atoms with E-state index in [-0.39, 0.29) is 134 Å². The van der Waals surface area contributed by atoms with E-state index in [1.807, 2.05) is 6.08 Å². The number of anilines is 1. The summed E-state index contributed by atoms with van der Waals surface area (Å²) in [5.41, 5.74) is 11.7. The first-order valence-electron chi connectivity index (χ1n) is 26.1. The Kier molecular flexibility index (Phi) is 20.1. The number of likely N-dealkylation sites (N-methyl/N-ethyl adjacent to an activating group) is 2. The molecule has 1 aliphatic heterocycles. The minimum atomic E-state index is -1.02. The third kappa shape index (κ3) is 14.6. The molecule has 0 fully saturated rings. The molecule has 4 atom stereocenters. The second-order valence-corrected chi connectivity index (χ2v) is 20.3. The van der Waals surface area contributed by atoms with Crippen molar-refractivity contribution in [2.24, 2.45) is 17.6 Å². The van der Waals surface area contributed by atoms with Crippen LogP contribution in [0.4, 0.5) is 20.1 Å². The summed E-state index contributed by atoms with van der Waals surface area (Å²) in [6.07, 6.45) is 6.47. The molecule has 9 amide bonds. The molecule has 0 spiro atoms. The van der Waals surface area contributed by atoms with Gasteiger partial charge < -0.3 is 62.2 Å². The van der Waals surface area contributed by atoms with Gasteiger partial charge in [0.1, 0.15) is 30.2 Å². The van der Waals surface area contributed by atoms with E-state index in [1.165, 1.54) is 54.2 Å². The van der Waals surface area contributed by atoms with Crippen molar-refractivity contribution < 1.29 is 72.4 Å². The molecule has 0 saturated heterocycles. The van der Waals surface area contributed by atoms with Crippen LogP contribution in [-0.4, -0.2) is 162 Å². The molecule has 0 aromatic heterocycles. The van der Waals surface area contributed by atoms with Crippen LogP contribution in [0.25, 0.3) is 0 Å². The lowest BCUT2D eigenvalue weighted by Crippen LogP contribution is -2.56. The molecule has 1 unspecified atom stereocenters. The molecule has 0 bridgehead atoms. The van der Waals surface area contributed by atoms with Gasteiger partial charge in [0, 0.05) is 93.2 Å². The molecule has 1 heterocycles. The zero-order chi connectivity index (χ0) is 57.0. The summed E-state index contributed by atoms with van der Waals surface area (Å²) >= 11 is 0. The first-order valence-corrected chi connectivity index (χ1v) is 26.1. The number of nitrogens with one attached hydrogen (secondary N) is 4. The van der Waals surface area contributed by atoms with E-state index in [0.717, 1.165) is 10.5 Å². The minimum Gasteiger partial charge on any atom is -0.507 e. The van der Waals surface area contributed by atoms with Crippen molar-refractivity contribution in [3.05, 3.63) is 75.4 Å². The standard InChI is InChI=1S/C54H69N9O15/c1-29(2)45(60-39(65)13-6-5-7-23-63-40(66)20-21-41(63)67)51(73)59-37(12-9-22-57-52(56)74)50(72)58-32-17-14-30(15-18-32)27-77-53(75)61(3)24-25-62(4)54(76)78-28-38(64)31-16-19-33-35(26-31)48(70)43-44(46(33)68)49(71)42-34(47(43)69)10-8-11-36(42)55/h8,10-11,14,20-21,29,31-32,37,45,68,70H,5-7,9,12-13,15-19,22-28,55H2,1-4H3,(H,58,72)(H,59,73)(H,60,65)(H3,56,57,74)/t31-,32-,37?,45-/m0/s1. The van der Waals surface area contributed by atoms with Crippen molar-refractivity contribution >= 4 is 70.8 Å². The van der Waals surface area contributed by atoms with Gasteiger partial charge in [-0.25, -0.2) is 14.4 Å². The molecule has 420 valence electrons. The number of hydrogen-bond acceptors (Lipinski definition) is 16. The lowest BCUT2D eigenvalue weighted by atomic mass is 9.74. The Bertz CT molecular complexity index is 2770. The number of unbranched alkanes of at least 4 members (excludes halogenated alkanes) is 2. The SMILES string of the molecule is CC(C)[C@H](NC(=O)CCCCCN1C(=O)C=CC1=O)C(=O)NC(CCCNC(N)=O)C(=O)N[C@H]1CC=C(COC(=O)N(C)CCN(C)C(=O)OCC(=O)[C@H]2CCc3c(O)c4c(c(O)c3C2)C(=O)c2cccc(N)c2C4=O)CC1. The summed E-state index contributed by atoms with van der Waals surface area (Å²) in [4.78, 5) is 145. The van der Waals surface area contributed by atoms with Gasteiger partial charge in [0.2, 0.25) is 17.7 Å². The number of primary amides is 1. The number of benzene rings is 2. The number of fused-ring (bicyclic) bond motifs is 3. The number of amides is 9. The molecule has 24 heteroatoms. The van der Waals surface area contributed by atoms with Crippen LogP contribution in [0.1, 0.15) is 121 Å². The van der Waals surface area contributed by atoms with E-state index in [0.29, 0.717) is 44.9 Å². The molecule has 78 heavy (non-hydrogen) atoms. The third-order valence-electron chi connectivity index (χ3n) is 14.3. The van der Waals surface area contributed by atoms with Gasteiger partial charge >= 0.3 is 18.2 Å². The number of urea groups is 1. The van der Waals surface area contributed by atoms with Crippen molar-refractivity contribution in [2.75, 3.05) is 59.2 Å². The Hall–Kier alpha value is -8.31. The fourth-order valence-corrected chi connectivity index (χ4v) is 9.74. The van der Waals surface area contributed by atoms with Gasteiger partial charge in [0.05, 0.1) is 16.7 Å².